The Morgan fingerprint density at radius 3 is 2.71 bits per heavy atom. The van der Waals surface area contributed by atoms with Crippen LogP contribution in [0.4, 0.5) is 5.69 Å². The molecule has 1 saturated heterocycles. The Hall–Kier alpha value is -1.95. The van der Waals surface area contributed by atoms with Crippen molar-refractivity contribution < 1.29 is 0 Å². The summed E-state index contributed by atoms with van der Waals surface area (Å²) in [5.41, 5.74) is 2.11. The Morgan fingerprint density at radius 2 is 2.05 bits per heavy atom. The first-order chi connectivity index (χ1) is 10.2. The molecule has 2 aromatic rings. The molecule has 6 heteroatoms. The third-order valence-corrected chi connectivity index (χ3v) is 4.09. The van der Waals surface area contributed by atoms with Gasteiger partial charge in [-0.2, -0.15) is 0 Å². The van der Waals surface area contributed by atoms with E-state index in [1.54, 1.807) is 11.0 Å². The summed E-state index contributed by atoms with van der Waals surface area (Å²) in [7, 11) is 0. The normalized spacial score (nSPS) is 17.3. The SMILES string of the molecule is CC(C)N1CCC(Nc2cccc(-n3cnnn3)c2)CC1. The molecule has 21 heavy (non-hydrogen) atoms. The first-order valence-corrected chi connectivity index (χ1v) is 7.56. The lowest BCUT2D eigenvalue weighted by Gasteiger charge is -2.35. The van der Waals surface area contributed by atoms with E-state index in [2.05, 4.69) is 51.7 Å². The fourth-order valence-electron chi connectivity index (χ4n) is 2.81. The summed E-state index contributed by atoms with van der Waals surface area (Å²) in [5, 5.41) is 14.9. The lowest BCUT2D eigenvalue weighted by Crippen LogP contribution is -2.42. The van der Waals surface area contributed by atoms with E-state index in [4.69, 9.17) is 0 Å². The van der Waals surface area contributed by atoms with E-state index in [9.17, 15) is 0 Å². The van der Waals surface area contributed by atoms with Crippen molar-refractivity contribution in [3.05, 3.63) is 30.6 Å². The highest BCUT2D eigenvalue weighted by Gasteiger charge is 2.20. The zero-order valence-corrected chi connectivity index (χ0v) is 12.6. The van der Waals surface area contributed by atoms with Gasteiger partial charge in [-0.15, -0.1) is 5.10 Å². The number of anilines is 1. The van der Waals surface area contributed by atoms with Crippen LogP contribution in [-0.4, -0.2) is 50.3 Å². The quantitative estimate of drug-likeness (QED) is 0.931. The molecule has 3 rings (SSSR count). The number of piperidine rings is 1. The van der Waals surface area contributed by atoms with Gasteiger partial charge in [0.2, 0.25) is 0 Å². The van der Waals surface area contributed by atoms with Crippen molar-refractivity contribution in [2.24, 2.45) is 0 Å². The van der Waals surface area contributed by atoms with Crippen molar-refractivity contribution in [3.8, 4) is 5.69 Å². The van der Waals surface area contributed by atoms with Crippen LogP contribution in [0.3, 0.4) is 0 Å². The zero-order chi connectivity index (χ0) is 14.7. The van der Waals surface area contributed by atoms with E-state index >= 15 is 0 Å². The highest BCUT2D eigenvalue weighted by molar-refractivity contribution is 5.51. The van der Waals surface area contributed by atoms with Crippen molar-refractivity contribution in [2.75, 3.05) is 18.4 Å². The second-order valence-electron chi connectivity index (χ2n) is 5.85. The van der Waals surface area contributed by atoms with Gasteiger partial charge in [0.15, 0.2) is 0 Å². The molecule has 0 aliphatic carbocycles. The molecule has 1 aliphatic heterocycles. The van der Waals surface area contributed by atoms with Gasteiger partial charge in [0.05, 0.1) is 5.69 Å². The summed E-state index contributed by atoms with van der Waals surface area (Å²) < 4.78 is 1.67. The largest absolute Gasteiger partial charge is 0.382 e. The van der Waals surface area contributed by atoms with E-state index in [1.165, 1.54) is 25.9 Å². The van der Waals surface area contributed by atoms with Crippen LogP contribution in [0.1, 0.15) is 26.7 Å². The van der Waals surface area contributed by atoms with Gasteiger partial charge in [-0.25, -0.2) is 4.68 Å². The van der Waals surface area contributed by atoms with Crippen molar-refractivity contribution in [2.45, 2.75) is 38.8 Å². The van der Waals surface area contributed by atoms with Gasteiger partial charge >= 0.3 is 0 Å². The van der Waals surface area contributed by atoms with Gasteiger partial charge in [0.25, 0.3) is 0 Å². The second kappa shape index (κ2) is 6.22. The predicted octanol–water partition coefficient (Wildman–Crippen LogP) is 1.95. The van der Waals surface area contributed by atoms with Crippen molar-refractivity contribution in [1.82, 2.24) is 25.1 Å². The number of tetrazole rings is 1. The minimum atomic E-state index is 0.545. The van der Waals surface area contributed by atoms with Crippen molar-refractivity contribution in [3.63, 3.8) is 0 Å². The van der Waals surface area contributed by atoms with E-state index in [-0.39, 0.29) is 0 Å². The van der Waals surface area contributed by atoms with Crippen molar-refractivity contribution >= 4 is 5.69 Å². The van der Waals surface area contributed by atoms with Gasteiger partial charge in [-0.3, -0.25) is 0 Å². The first-order valence-electron chi connectivity index (χ1n) is 7.56. The summed E-state index contributed by atoms with van der Waals surface area (Å²) >= 11 is 0. The molecule has 0 bridgehead atoms. The number of likely N-dealkylation sites (tertiary alicyclic amines) is 1. The van der Waals surface area contributed by atoms with Gasteiger partial charge < -0.3 is 10.2 Å². The molecule has 6 nitrogen and oxygen atoms in total. The lowest BCUT2D eigenvalue weighted by atomic mass is 10.0. The Kier molecular flexibility index (Phi) is 4.15. The highest BCUT2D eigenvalue weighted by atomic mass is 15.5. The van der Waals surface area contributed by atoms with E-state index in [0.717, 1.165) is 11.4 Å². The molecule has 1 aliphatic rings. The van der Waals surface area contributed by atoms with Crippen LogP contribution in [0.25, 0.3) is 5.69 Å². The maximum atomic E-state index is 3.92. The molecule has 1 aromatic heterocycles. The molecule has 0 radical (unpaired) electrons. The number of hydrogen-bond acceptors (Lipinski definition) is 5. The lowest BCUT2D eigenvalue weighted by molar-refractivity contribution is 0.177. The average Bonchev–Trinajstić information content (AvgIpc) is 3.02. The molecule has 1 N–H and O–H groups in total. The number of aromatic nitrogens is 4. The minimum Gasteiger partial charge on any atom is -0.382 e. The standard InChI is InChI=1S/C15H22N6/c1-12(2)20-8-6-13(7-9-20)17-14-4-3-5-15(10-14)21-11-16-18-19-21/h3-5,10-13,17H,6-9H2,1-2H3. The maximum absolute atomic E-state index is 3.92. The van der Waals surface area contributed by atoms with Crippen LogP contribution in [0, 0.1) is 0 Å². The van der Waals surface area contributed by atoms with Gasteiger partial charge in [-0.05, 0) is 55.3 Å². The molecule has 0 amide bonds. The Bertz CT molecular complexity index is 557. The fraction of sp³-hybridized carbons (Fsp3) is 0.533. The van der Waals surface area contributed by atoms with E-state index in [0.29, 0.717) is 12.1 Å². The summed E-state index contributed by atoms with van der Waals surface area (Å²) in [6.07, 6.45) is 3.99. The first kappa shape index (κ1) is 14.0. The number of nitrogens with zero attached hydrogens (tertiary/aromatic N) is 5. The molecule has 0 saturated carbocycles. The predicted molar refractivity (Wildman–Crippen MR) is 82.5 cm³/mol. The van der Waals surface area contributed by atoms with Crippen molar-refractivity contribution in [1.29, 1.82) is 0 Å². The molecule has 0 unspecified atom stereocenters. The number of benzene rings is 1. The number of hydrogen-bond donors (Lipinski definition) is 1. The molecule has 0 spiro atoms. The topological polar surface area (TPSA) is 58.9 Å². The molecule has 0 atom stereocenters. The van der Waals surface area contributed by atoms with Gasteiger partial charge in [-0.1, -0.05) is 6.07 Å². The average molecular weight is 286 g/mol. The van der Waals surface area contributed by atoms with Crippen LogP contribution in [0.5, 0.6) is 0 Å². The molecule has 2 heterocycles. The van der Waals surface area contributed by atoms with Crippen LogP contribution < -0.4 is 5.32 Å². The maximum Gasteiger partial charge on any atom is 0.143 e. The smallest absolute Gasteiger partial charge is 0.143 e. The van der Waals surface area contributed by atoms with Crippen LogP contribution >= 0.6 is 0 Å². The second-order valence-corrected chi connectivity index (χ2v) is 5.85. The third kappa shape index (κ3) is 3.39. The molecule has 1 aromatic carbocycles. The van der Waals surface area contributed by atoms with Gasteiger partial charge in [0, 0.05) is 30.9 Å². The van der Waals surface area contributed by atoms with E-state index in [1.807, 2.05) is 12.1 Å². The molecular weight excluding hydrogens is 264 g/mol. The Balaban J connectivity index is 1.62. The molecular formula is C15H22N6. The summed E-state index contributed by atoms with van der Waals surface area (Å²) in [4.78, 5) is 2.54. The summed E-state index contributed by atoms with van der Waals surface area (Å²) in [6.45, 7) is 6.87. The van der Waals surface area contributed by atoms with Crippen LogP contribution in [-0.2, 0) is 0 Å². The van der Waals surface area contributed by atoms with E-state index < -0.39 is 0 Å². The van der Waals surface area contributed by atoms with Crippen LogP contribution in [0.15, 0.2) is 30.6 Å². The minimum absolute atomic E-state index is 0.545. The summed E-state index contributed by atoms with van der Waals surface area (Å²) in [5.74, 6) is 0. The van der Waals surface area contributed by atoms with Gasteiger partial charge in [0.1, 0.15) is 6.33 Å². The highest BCUT2D eigenvalue weighted by Crippen LogP contribution is 2.19. The summed E-state index contributed by atoms with van der Waals surface area (Å²) in [6, 6.07) is 9.41. The fourth-order valence-corrected chi connectivity index (χ4v) is 2.81. The zero-order valence-electron chi connectivity index (χ0n) is 12.6. The number of nitrogens with one attached hydrogen (secondary N) is 1. The Morgan fingerprint density at radius 1 is 1.24 bits per heavy atom. The monoisotopic (exact) mass is 286 g/mol. The molecule has 112 valence electrons. The number of rotatable bonds is 4. The molecule has 1 fully saturated rings. The third-order valence-electron chi connectivity index (χ3n) is 4.09. The Labute approximate surface area is 125 Å². The van der Waals surface area contributed by atoms with Crippen LogP contribution in [0.2, 0.25) is 0 Å².